The molecule has 7 heteroatoms. The summed E-state index contributed by atoms with van der Waals surface area (Å²) in [5, 5.41) is 15.5. The van der Waals surface area contributed by atoms with Gasteiger partial charge in [0.25, 0.3) is 5.91 Å². The number of ether oxygens (including phenoxy) is 1. The van der Waals surface area contributed by atoms with Gasteiger partial charge in [-0.15, -0.1) is 11.8 Å². The maximum absolute atomic E-state index is 13.2. The van der Waals surface area contributed by atoms with Gasteiger partial charge in [0.15, 0.2) is 17.3 Å². The molecule has 0 unspecified atom stereocenters. The lowest BCUT2D eigenvalue weighted by molar-refractivity contribution is -0.122. The second kappa shape index (κ2) is 9.53. The minimum absolute atomic E-state index is 0.0335. The van der Waals surface area contributed by atoms with Crippen molar-refractivity contribution in [1.29, 1.82) is 0 Å². The van der Waals surface area contributed by atoms with Gasteiger partial charge in [-0.05, 0) is 53.8 Å². The highest BCUT2D eigenvalue weighted by Crippen LogP contribution is 2.26. The van der Waals surface area contributed by atoms with E-state index in [0.29, 0.717) is 22.8 Å². The Morgan fingerprint density at radius 1 is 1.03 bits per heavy atom. The molecule has 0 saturated carbocycles. The summed E-state index contributed by atoms with van der Waals surface area (Å²) in [7, 11) is 1.48. The van der Waals surface area contributed by atoms with Gasteiger partial charge in [0, 0.05) is 10.5 Å². The molecule has 0 atom stereocenters. The van der Waals surface area contributed by atoms with E-state index in [1.165, 1.54) is 24.4 Å². The predicted molar refractivity (Wildman–Crippen MR) is 128 cm³/mol. The van der Waals surface area contributed by atoms with Gasteiger partial charge in [-0.1, -0.05) is 42.5 Å². The molecule has 1 amide bonds. The van der Waals surface area contributed by atoms with Crippen LogP contribution in [0.15, 0.2) is 93.5 Å². The van der Waals surface area contributed by atoms with Crippen molar-refractivity contribution in [3.8, 4) is 11.5 Å². The Labute approximate surface area is 190 Å². The number of aromatic hydroxyl groups is 1. The molecular formula is C25H21N3O3S. The fourth-order valence-corrected chi connectivity index (χ4v) is 3.55. The van der Waals surface area contributed by atoms with E-state index in [1.54, 1.807) is 30.0 Å². The molecule has 1 aliphatic heterocycles. The lowest BCUT2D eigenvalue weighted by Crippen LogP contribution is -2.27. The summed E-state index contributed by atoms with van der Waals surface area (Å²) in [6, 6.07) is 22.2. The highest BCUT2D eigenvalue weighted by atomic mass is 32.2. The fourth-order valence-electron chi connectivity index (χ4n) is 3.15. The number of carbonyl (C=O) groups is 1. The molecule has 160 valence electrons. The zero-order valence-corrected chi connectivity index (χ0v) is 18.4. The summed E-state index contributed by atoms with van der Waals surface area (Å²) in [5.41, 5.74) is 2.64. The standard InChI is InChI=1S/C25H21N3O3S/c1-31-23-15-18(10-13-22(23)29)16-26-28-24(19-6-4-3-5-7-19)27-21(25(28)30)14-17-8-11-20(32-2)12-9-17/h3-16,29H,1-2H3. The summed E-state index contributed by atoms with van der Waals surface area (Å²) in [6.07, 6.45) is 5.31. The van der Waals surface area contributed by atoms with E-state index < -0.39 is 0 Å². The van der Waals surface area contributed by atoms with E-state index in [-0.39, 0.29) is 11.7 Å². The number of aliphatic imine (C=N–C) groups is 1. The number of benzene rings is 3. The van der Waals surface area contributed by atoms with Crippen LogP contribution in [0.3, 0.4) is 0 Å². The van der Waals surface area contributed by atoms with Crippen LogP contribution < -0.4 is 4.74 Å². The van der Waals surface area contributed by atoms with Crippen molar-refractivity contribution in [2.24, 2.45) is 10.1 Å². The minimum atomic E-state index is -0.320. The van der Waals surface area contributed by atoms with Crippen LogP contribution in [0.4, 0.5) is 0 Å². The Bertz CT molecular complexity index is 1220. The number of phenolic OH excluding ortho intramolecular Hbond substituents is 1. The van der Waals surface area contributed by atoms with Crippen LogP contribution in [0.5, 0.6) is 11.5 Å². The maximum Gasteiger partial charge on any atom is 0.298 e. The fraction of sp³-hybridized carbons (Fsp3) is 0.0800. The number of rotatable bonds is 6. The van der Waals surface area contributed by atoms with Gasteiger partial charge in [-0.3, -0.25) is 4.79 Å². The third kappa shape index (κ3) is 4.58. The molecule has 6 nitrogen and oxygen atoms in total. The van der Waals surface area contributed by atoms with Crippen LogP contribution in [0, 0.1) is 0 Å². The van der Waals surface area contributed by atoms with Crippen LogP contribution in [-0.4, -0.2) is 41.4 Å². The first kappa shape index (κ1) is 21.4. The third-order valence-electron chi connectivity index (χ3n) is 4.82. The number of amidine groups is 1. The first-order valence-electron chi connectivity index (χ1n) is 9.84. The molecule has 3 aromatic rings. The summed E-state index contributed by atoms with van der Waals surface area (Å²) in [6.45, 7) is 0. The Kier molecular flexibility index (Phi) is 6.37. The average Bonchev–Trinajstić information content (AvgIpc) is 3.14. The largest absolute Gasteiger partial charge is 0.504 e. The number of methoxy groups -OCH3 is 1. The first-order chi connectivity index (χ1) is 15.6. The van der Waals surface area contributed by atoms with Crippen LogP contribution in [-0.2, 0) is 4.79 Å². The second-order valence-electron chi connectivity index (χ2n) is 6.90. The van der Waals surface area contributed by atoms with Gasteiger partial charge >= 0.3 is 0 Å². The Morgan fingerprint density at radius 2 is 1.75 bits per heavy atom. The molecule has 32 heavy (non-hydrogen) atoms. The number of thioether (sulfide) groups is 1. The molecular weight excluding hydrogens is 422 g/mol. The molecule has 0 fully saturated rings. The molecule has 1 N–H and O–H groups in total. The van der Waals surface area contributed by atoms with E-state index in [1.807, 2.05) is 60.9 Å². The van der Waals surface area contributed by atoms with Gasteiger partial charge < -0.3 is 9.84 Å². The molecule has 0 aromatic heterocycles. The van der Waals surface area contributed by atoms with Crippen molar-refractivity contribution >= 4 is 35.8 Å². The minimum Gasteiger partial charge on any atom is -0.504 e. The molecule has 1 heterocycles. The molecule has 0 spiro atoms. The third-order valence-corrected chi connectivity index (χ3v) is 5.56. The average molecular weight is 444 g/mol. The summed E-state index contributed by atoms with van der Waals surface area (Å²) in [5.74, 6) is 0.489. The van der Waals surface area contributed by atoms with Crippen molar-refractivity contribution in [3.63, 3.8) is 0 Å². The van der Waals surface area contributed by atoms with Gasteiger partial charge in [0.05, 0.1) is 13.3 Å². The number of hydrogen-bond acceptors (Lipinski definition) is 6. The van der Waals surface area contributed by atoms with Crippen LogP contribution in [0.1, 0.15) is 16.7 Å². The monoisotopic (exact) mass is 443 g/mol. The van der Waals surface area contributed by atoms with E-state index in [0.717, 1.165) is 16.0 Å². The Balaban J connectivity index is 1.69. The number of hydrazone groups is 1. The van der Waals surface area contributed by atoms with E-state index in [2.05, 4.69) is 10.1 Å². The quantitative estimate of drug-likeness (QED) is 0.338. The second-order valence-corrected chi connectivity index (χ2v) is 7.78. The van der Waals surface area contributed by atoms with Crippen LogP contribution in [0.25, 0.3) is 6.08 Å². The topological polar surface area (TPSA) is 74.5 Å². The zero-order valence-electron chi connectivity index (χ0n) is 17.6. The molecule has 0 radical (unpaired) electrons. The van der Waals surface area contributed by atoms with Crippen molar-refractivity contribution < 1.29 is 14.6 Å². The van der Waals surface area contributed by atoms with E-state index >= 15 is 0 Å². The number of hydrogen-bond donors (Lipinski definition) is 1. The number of amides is 1. The highest BCUT2D eigenvalue weighted by Gasteiger charge is 2.31. The Hall–Kier alpha value is -3.84. The van der Waals surface area contributed by atoms with Gasteiger partial charge in [-0.25, -0.2) is 4.99 Å². The molecule has 4 rings (SSSR count). The molecule has 3 aromatic carbocycles. The zero-order chi connectivity index (χ0) is 22.5. The lowest BCUT2D eigenvalue weighted by Gasteiger charge is -2.12. The highest BCUT2D eigenvalue weighted by molar-refractivity contribution is 7.98. The molecule has 0 aliphatic carbocycles. The van der Waals surface area contributed by atoms with Crippen molar-refractivity contribution in [1.82, 2.24) is 5.01 Å². The van der Waals surface area contributed by atoms with E-state index in [9.17, 15) is 9.90 Å². The van der Waals surface area contributed by atoms with Crippen molar-refractivity contribution in [3.05, 3.63) is 95.2 Å². The number of phenols is 1. The number of carbonyl (C=O) groups excluding carboxylic acids is 1. The predicted octanol–water partition coefficient (Wildman–Crippen LogP) is 4.79. The van der Waals surface area contributed by atoms with Gasteiger partial charge in [-0.2, -0.15) is 10.1 Å². The molecule has 1 aliphatic rings. The normalized spacial score (nSPS) is 14.9. The number of nitrogens with zero attached hydrogens (tertiary/aromatic N) is 3. The Morgan fingerprint density at radius 3 is 2.44 bits per heavy atom. The first-order valence-corrected chi connectivity index (χ1v) is 11.1. The van der Waals surface area contributed by atoms with Gasteiger partial charge in [0.1, 0.15) is 5.70 Å². The van der Waals surface area contributed by atoms with Crippen molar-refractivity contribution in [2.75, 3.05) is 13.4 Å². The summed E-state index contributed by atoms with van der Waals surface area (Å²) in [4.78, 5) is 18.9. The van der Waals surface area contributed by atoms with Crippen molar-refractivity contribution in [2.45, 2.75) is 4.90 Å². The van der Waals surface area contributed by atoms with Crippen LogP contribution in [0.2, 0.25) is 0 Å². The summed E-state index contributed by atoms with van der Waals surface area (Å²) >= 11 is 1.66. The summed E-state index contributed by atoms with van der Waals surface area (Å²) < 4.78 is 5.14. The van der Waals surface area contributed by atoms with E-state index in [4.69, 9.17) is 4.74 Å². The van der Waals surface area contributed by atoms with Crippen LogP contribution >= 0.6 is 11.8 Å². The molecule has 0 bridgehead atoms. The van der Waals surface area contributed by atoms with Gasteiger partial charge in [0.2, 0.25) is 0 Å². The maximum atomic E-state index is 13.2. The SMILES string of the molecule is COc1cc(C=NN2C(=O)C(=Cc3ccc(SC)cc3)N=C2c2ccccc2)ccc1O. The lowest BCUT2D eigenvalue weighted by atomic mass is 10.2. The smallest absolute Gasteiger partial charge is 0.298 e. The molecule has 0 saturated heterocycles.